The molecule has 3 fully saturated rings. The standard InChI is InChI=1S/C45H54F2N4O8/c1-8-42-14-11-16-51-17-15-43(36(42)51)30-19-31(34(56-5)20-33(30)49(4)37(43)45(55,40(54)58-7)38(42)59-25(2)52)44(39(53)57-6)21-26-18-27(41(3,46)47)23-50(22-26)24-29-28-12-9-10-13-32(28)48-35(29)44/h9-14,19-20,26-27,36-38,48,55H,8,15-18,21-24H2,1-7H3/t26-,27+,36-,37+,38+,42+,43+,44-,45?/m0/s1. The molecule has 1 saturated carbocycles. The maximum absolute atomic E-state index is 15.3. The van der Waals surface area contributed by atoms with Gasteiger partial charge in [0.25, 0.3) is 0 Å². The number of piperidine rings is 1. The molecule has 2 aromatic carbocycles. The summed E-state index contributed by atoms with van der Waals surface area (Å²) in [6, 6.07) is 10.3. The number of carbonyl (C=O) groups excluding carboxylic acids is 3. The first kappa shape index (κ1) is 39.9. The topological polar surface area (TPSA) is 134 Å². The predicted molar refractivity (Wildman–Crippen MR) is 214 cm³/mol. The third-order valence-electron chi connectivity index (χ3n) is 15.3. The lowest BCUT2D eigenvalue weighted by Gasteiger charge is -2.63. The van der Waals surface area contributed by atoms with Gasteiger partial charge >= 0.3 is 17.9 Å². The number of para-hydroxylation sites is 1. The molecule has 9 rings (SSSR count). The van der Waals surface area contributed by atoms with E-state index in [1.807, 2.05) is 67.4 Å². The number of likely N-dealkylation sites (N-methyl/N-ethyl adjacent to an activating group) is 1. The third kappa shape index (κ3) is 5.17. The van der Waals surface area contributed by atoms with Crippen molar-refractivity contribution in [3.8, 4) is 5.75 Å². The molecule has 3 aromatic rings. The Morgan fingerprint density at radius 1 is 1.03 bits per heavy atom. The molecule has 6 aliphatic rings. The Morgan fingerprint density at radius 2 is 1.78 bits per heavy atom. The van der Waals surface area contributed by atoms with Gasteiger partial charge in [0.2, 0.25) is 11.5 Å². The molecule has 6 heterocycles. The predicted octanol–water partition coefficient (Wildman–Crippen LogP) is 5.08. The van der Waals surface area contributed by atoms with Gasteiger partial charge in [-0.1, -0.05) is 37.3 Å². The van der Waals surface area contributed by atoms with Gasteiger partial charge in [-0.2, -0.15) is 0 Å². The van der Waals surface area contributed by atoms with Gasteiger partial charge in [0.1, 0.15) is 11.2 Å². The lowest BCUT2D eigenvalue weighted by molar-refractivity contribution is -0.228. The molecule has 316 valence electrons. The van der Waals surface area contributed by atoms with Crippen LogP contribution in [0.3, 0.4) is 0 Å². The quantitative estimate of drug-likeness (QED) is 0.188. The van der Waals surface area contributed by atoms with E-state index in [0.717, 1.165) is 29.0 Å². The van der Waals surface area contributed by atoms with E-state index >= 15 is 13.6 Å². The van der Waals surface area contributed by atoms with Crippen LogP contribution >= 0.6 is 0 Å². The number of ether oxygens (including phenoxy) is 4. The highest BCUT2D eigenvalue weighted by Crippen LogP contribution is 2.68. The molecule has 5 aliphatic heterocycles. The molecule has 10 atom stereocenters. The molecule has 14 heteroatoms. The maximum Gasteiger partial charge on any atom is 0.344 e. The molecule has 2 saturated heterocycles. The number of fused-ring (bicyclic) bond motifs is 6. The van der Waals surface area contributed by atoms with Gasteiger partial charge in [0.15, 0.2) is 6.10 Å². The first-order chi connectivity index (χ1) is 28.1. The number of aromatic amines is 1. The second-order valence-corrected chi connectivity index (χ2v) is 18.0. The van der Waals surface area contributed by atoms with Crippen LogP contribution in [-0.2, 0) is 46.0 Å². The van der Waals surface area contributed by atoms with Gasteiger partial charge in [-0.05, 0) is 68.3 Å². The zero-order chi connectivity index (χ0) is 42.0. The minimum Gasteiger partial charge on any atom is -0.496 e. The summed E-state index contributed by atoms with van der Waals surface area (Å²) in [5.74, 6) is -5.92. The van der Waals surface area contributed by atoms with Crippen molar-refractivity contribution >= 4 is 34.5 Å². The normalized spacial score (nSPS) is 35.8. The highest BCUT2D eigenvalue weighted by Gasteiger charge is 2.80. The minimum absolute atomic E-state index is 0.155. The Kier molecular flexibility index (Phi) is 9.12. The van der Waals surface area contributed by atoms with Crippen molar-refractivity contribution in [3.05, 3.63) is 70.9 Å². The largest absolute Gasteiger partial charge is 0.496 e. The van der Waals surface area contributed by atoms with Crippen LogP contribution in [0.25, 0.3) is 10.9 Å². The Morgan fingerprint density at radius 3 is 2.46 bits per heavy atom. The van der Waals surface area contributed by atoms with Crippen LogP contribution in [0, 0.1) is 17.3 Å². The fourth-order valence-electron chi connectivity index (χ4n) is 13.2. The summed E-state index contributed by atoms with van der Waals surface area (Å²) in [6.07, 6.45) is 4.04. The van der Waals surface area contributed by atoms with Crippen molar-refractivity contribution < 1.29 is 47.2 Å². The summed E-state index contributed by atoms with van der Waals surface area (Å²) < 4.78 is 54.3. The summed E-state index contributed by atoms with van der Waals surface area (Å²) in [7, 11) is 5.94. The van der Waals surface area contributed by atoms with E-state index in [-0.39, 0.29) is 31.3 Å². The lowest BCUT2D eigenvalue weighted by atomic mass is 9.47. The number of alkyl halides is 2. The average Bonchev–Trinajstić information content (AvgIpc) is 3.86. The molecule has 1 spiro atoms. The molecule has 1 aromatic heterocycles. The Balaban J connectivity index is 1.35. The smallest absolute Gasteiger partial charge is 0.344 e. The monoisotopic (exact) mass is 816 g/mol. The molecule has 0 radical (unpaired) electrons. The Bertz CT molecular complexity index is 2270. The number of hydrogen-bond acceptors (Lipinski definition) is 11. The van der Waals surface area contributed by atoms with Crippen LogP contribution in [0.1, 0.15) is 68.8 Å². The van der Waals surface area contributed by atoms with Crippen LogP contribution in [0.15, 0.2) is 48.6 Å². The maximum atomic E-state index is 15.3. The highest BCUT2D eigenvalue weighted by molar-refractivity contribution is 5.95. The van der Waals surface area contributed by atoms with Gasteiger partial charge in [-0.15, -0.1) is 0 Å². The molecular formula is C45H54F2N4O8. The average molecular weight is 817 g/mol. The number of esters is 3. The van der Waals surface area contributed by atoms with Crippen molar-refractivity contribution in [1.82, 2.24) is 14.8 Å². The minimum atomic E-state index is -2.94. The number of carbonyl (C=O) groups is 3. The van der Waals surface area contributed by atoms with Crippen LogP contribution in [0.2, 0.25) is 0 Å². The fourth-order valence-corrected chi connectivity index (χ4v) is 13.2. The number of H-pyrrole nitrogens is 1. The van der Waals surface area contributed by atoms with Crippen LogP contribution in [0.5, 0.6) is 5.75 Å². The van der Waals surface area contributed by atoms with E-state index in [2.05, 4.69) is 14.8 Å². The Hall–Kier alpha value is -4.53. The number of halogens is 2. The van der Waals surface area contributed by atoms with E-state index in [0.29, 0.717) is 61.7 Å². The van der Waals surface area contributed by atoms with Gasteiger partial charge in [0, 0.05) is 96.9 Å². The summed E-state index contributed by atoms with van der Waals surface area (Å²) >= 11 is 0. The van der Waals surface area contributed by atoms with E-state index in [1.165, 1.54) is 28.3 Å². The molecular weight excluding hydrogens is 763 g/mol. The molecule has 0 amide bonds. The molecule has 1 aliphatic carbocycles. The van der Waals surface area contributed by atoms with E-state index in [9.17, 15) is 14.7 Å². The summed E-state index contributed by atoms with van der Waals surface area (Å²) in [5, 5.41) is 14.2. The first-order valence-corrected chi connectivity index (χ1v) is 20.7. The number of methoxy groups -OCH3 is 3. The number of benzene rings is 2. The second-order valence-electron chi connectivity index (χ2n) is 18.0. The fraction of sp³-hybridized carbons (Fsp3) is 0.578. The van der Waals surface area contributed by atoms with Gasteiger partial charge in [0.05, 0.1) is 27.4 Å². The zero-order valence-electron chi connectivity index (χ0n) is 34.8. The highest BCUT2D eigenvalue weighted by atomic mass is 19.3. The van der Waals surface area contributed by atoms with Crippen molar-refractivity contribution in [2.75, 3.05) is 59.5 Å². The lowest BCUT2D eigenvalue weighted by Crippen LogP contribution is -2.81. The number of nitrogens with zero attached hydrogens (tertiary/aromatic N) is 3. The third-order valence-corrected chi connectivity index (χ3v) is 15.3. The number of aliphatic hydroxyl groups is 1. The zero-order valence-corrected chi connectivity index (χ0v) is 34.8. The van der Waals surface area contributed by atoms with Gasteiger partial charge < -0.3 is 33.9 Å². The van der Waals surface area contributed by atoms with E-state index in [1.54, 1.807) is 0 Å². The van der Waals surface area contributed by atoms with Gasteiger partial charge in [-0.25, -0.2) is 13.6 Å². The molecule has 59 heavy (non-hydrogen) atoms. The van der Waals surface area contributed by atoms with Crippen LogP contribution in [-0.4, -0.2) is 122 Å². The van der Waals surface area contributed by atoms with E-state index < -0.39 is 63.7 Å². The first-order valence-electron chi connectivity index (χ1n) is 20.7. The summed E-state index contributed by atoms with van der Waals surface area (Å²) in [6.45, 7) is 6.55. The molecule has 2 unspecified atom stereocenters. The number of nitrogens with one attached hydrogen (secondary N) is 1. The summed E-state index contributed by atoms with van der Waals surface area (Å²) in [5.41, 5.74) is -1.64. The molecule has 2 bridgehead atoms. The molecule has 12 nitrogen and oxygen atoms in total. The summed E-state index contributed by atoms with van der Waals surface area (Å²) in [4.78, 5) is 52.5. The van der Waals surface area contributed by atoms with Crippen molar-refractivity contribution in [2.45, 2.75) is 93.5 Å². The SMILES string of the molecule is CC[C@]12C=CCN3CC[C@@]4(c5cc([C@@]6(C(=O)OC)C[C@@H]7C[C@@H](C(C)(F)F)CN(Cc8c6[nH]c6ccccc86)C7)c(OC)cc5N(C)[C@H]4C(O)(C(=O)OC)[C@@H]1OC(C)=O)[C@@H]32. The van der Waals surface area contributed by atoms with Gasteiger partial charge in [-0.3, -0.25) is 19.4 Å². The van der Waals surface area contributed by atoms with Crippen molar-refractivity contribution in [2.24, 2.45) is 17.3 Å². The Labute approximate surface area is 342 Å². The number of rotatable bonds is 7. The van der Waals surface area contributed by atoms with Crippen molar-refractivity contribution in [1.29, 1.82) is 0 Å². The number of anilines is 1. The molecule has 2 N–H and O–H groups in total. The second kappa shape index (κ2) is 13.5. The van der Waals surface area contributed by atoms with Crippen LogP contribution < -0.4 is 9.64 Å². The van der Waals surface area contributed by atoms with E-state index in [4.69, 9.17) is 18.9 Å². The number of hydrogen-bond donors (Lipinski definition) is 2. The van der Waals surface area contributed by atoms with Crippen LogP contribution in [0.4, 0.5) is 14.5 Å². The van der Waals surface area contributed by atoms with Crippen molar-refractivity contribution in [3.63, 3.8) is 0 Å². The number of aromatic nitrogens is 1.